The van der Waals surface area contributed by atoms with Crippen LogP contribution in [0.15, 0.2) is 70.3 Å². The van der Waals surface area contributed by atoms with E-state index in [1.54, 1.807) is 53.9 Å². The van der Waals surface area contributed by atoms with Gasteiger partial charge in [-0.25, -0.2) is 8.42 Å². The number of carbonyl (C=O) groups is 2. The van der Waals surface area contributed by atoms with Crippen molar-refractivity contribution in [1.82, 2.24) is 0 Å². The number of sulfonamides is 1. The van der Waals surface area contributed by atoms with Crippen molar-refractivity contribution in [3.63, 3.8) is 0 Å². The summed E-state index contributed by atoms with van der Waals surface area (Å²) in [4.78, 5) is 23.4. The molecule has 1 aromatic heterocycles. The molecule has 144 valence electrons. The van der Waals surface area contributed by atoms with Gasteiger partial charge in [0.15, 0.2) is 0 Å². The number of thiophene rings is 1. The molecule has 0 fully saturated rings. The monoisotopic (exact) mass is 415 g/mol. The van der Waals surface area contributed by atoms with Crippen LogP contribution < -0.4 is 15.4 Å². The first-order valence-corrected chi connectivity index (χ1v) is 10.4. The van der Waals surface area contributed by atoms with E-state index in [4.69, 9.17) is 5.73 Å². The Morgan fingerprint density at radius 1 is 0.964 bits per heavy atom. The van der Waals surface area contributed by atoms with Crippen LogP contribution in [0, 0.1) is 0 Å². The van der Waals surface area contributed by atoms with Gasteiger partial charge in [0.25, 0.3) is 15.9 Å². The Kier molecular flexibility index (Phi) is 5.48. The molecule has 0 aliphatic rings. The number of carbonyl (C=O) groups excluding carboxylic acids is 2. The maximum atomic E-state index is 12.6. The largest absolute Gasteiger partial charge is 0.366 e. The first-order valence-electron chi connectivity index (χ1n) is 8.13. The van der Waals surface area contributed by atoms with Gasteiger partial charge in [0, 0.05) is 23.9 Å². The normalized spacial score (nSPS) is 11.0. The van der Waals surface area contributed by atoms with Crippen LogP contribution in [0.2, 0.25) is 0 Å². The van der Waals surface area contributed by atoms with E-state index < -0.39 is 15.9 Å². The molecule has 0 aliphatic heterocycles. The van der Waals surface area contributed by atoms with Gasteiger partial charge in [-0.05, 0) is 60.0 Å². The lowest BCUT2D eigenvalue weighted by Crippen LogP contribution is -2.25. The quantitative estimate of drug-likeness (QED) is 0.645. The molecule has 0 bridgehead atoms. The average Bonchev–Trinajstić information content (AvgIpc) is 3.23. The van der Waals surface area contributed by atoms with Crippen molar-refractivity contribution in [3.05, 3.63) is 77.2 Å². The van der Waals surface area contributed by atoms with E-state index in [1.807, 2.05) is 0 Å². The topological polar surface area (TPSA) is 110 Å². The molecule has 7 nitrogen and oxygen atoms in total. The summed E-state index contributed by atoms with van der Waals surface area (Å²) in [7, 11) is -2.17. The summed E-state index contributed by atoms with van der Waals surface area (Å²) in [6, 6.07) is 15.6. The number of rotatable bonds is 6. The summed E-state index contributed by atoms with van der Waals surface area (Å²) in [5.74, 6) is -0.905. The summed E-state index contributed by atoms with van der Waals surface area (Å²) >= 11 is 1.14. The number of anilines is 2. The third-order valence-electron chi connectivity index (χ3n) is 4.03. The van der Waals surface area contributed by atoms with Crippen LogP contribution in [-0.4, -0.2) is 27.3 Å². The van der Waals surface area contributed by atoms with Gasteiger partial charge in [0.05, 0.1) is 5.69 Å². The van der Waals surface area contributed by atoms with Crippen LogP contribution in [0.5, 0.6) is 0 Å². The lowest BCUT2D eigenvalue weighted by Gasteiger charge is -2.18. The molecule has 2 aromatic carbocycles. The minimum Gasteiger partial charge on any atom is -0.366 e. The Morgan fingerprint density at radius 2 is 1.57 bits per heavy atom. The fraction of sp³-hybridized carbons (Fsp3) is 0.0526. The molecule has 0 radical (unpaired) electrons. The second kappa shape index (κ2) is 7.83. The SMILES string of the molecule is CN(c1ccc(C(=O)Nc2ccc(C(N)=O)cc2)cc1)S(=O)(=O)c1cccs1. The number of hydrogen-bond donors (Lipinski definition) is 2. The van der Waals surface area contributed by atoms with Crippen molar-refractivity contribution in [2.75, 3.05) is 16.7 Å². The third-order valence-corrected chi connectivity index (χ3v) is 7.19. The number of nitrogens with two attached hydrogens (primary N) is 1. The van der Waals surface area contributed by atoms with E-state index in [2.05, 4.69) is 5.32 Å². The first-order chi connectivity index (χ1) is 13.3. The van der Waals surface area contributed by atoms with Gasteiger partial charge in [-0.3, -0.25) is 13.9 Å². The highest BCUT2D eigenvalue weighted by Crippen LogP contribution is 2.25. The molecule has 0 spiro atoms. The Morgan fingerprint density at radius 3 is 2.11 bits per heavy atom. The molecule has 3 rings (SSSR count). The maximum Gasteiger partial charge on any atom is 0.273 e. The molecule has 0 saturated carbocycles. The van der Waals surface area contributed by atoms with Gasteiger partial charge in [-0.1, -0.05) is 6.07 Å². The summed E-state index contributed by atoms with van der Waals surface area (Å²) in [5, 5.41) is 4.40. The van der Waals surface area contributed by atoms with Crippen molar-refractivity contribution in [2.24, 2.45) is 5.73 Å². The van der Waals surface area contributed by atoms with E-state index >= 15 is 0 Å². The molecule has 0 atom stereocenters. The van der Waals surface area contributed by atoms with Gasteiger partial charge >= 0.3 is 0 Å². The fourth-order valence-electron chi connectivity index (χ4n) is 2.43. The number of nitrogens with zero attached hydrogens (tertiary/aromatic N) is 1. The Hall–Kier alpha value is -3.17. The van der Waals surface area contributed by atoms with Crippen molar-refractivity contribution in [2.45, 2.75) is 4.21 Å². The van der Waals surface area contributed by atoms with E-state index in [0.717, 1.165) is 11.3 Å². The number of amides is 2. The minimum absolute atomic E-state index is 0.247. The van der Waals surface area contributed by atoms with Crippen molar-refractivity contribution >= 4 is 44.5 Å². The third kappa shape index (κ3) is 4.05. The van der Waals surface area contributed by atoms with Crippen LogP contribution >= 0.6 is 11.3 Å². The zero-order valence-corrected chi connectivity index (χ0v) is 16.5. The predicted molar refractivity (Wildman–Crippen MR) is 109 cm³/mol. The summed E-state index contributed by atoms with van der Waals surface area (Å²) < 4.78 is 26.5. The Bertz CT molecular complexity index is 1090. The first kappa shape index (κ1) is 19.6. The molecule has 2 amide bonds. The molecule has 0 saturated heterocycles. The highest BCUT2D eigenvalue weighted by atomic mass is 32.2. The number of hydrogen-bond acceptors (Lipinski definition) is 5. The van der Waals surface area contributed by atoms with Gasteiger partial charge in [-0.15, -0.1) is 11.3 Å². The molecular weight excluding hydrogens is 398 g/mol. The summed E-state index contributed by atoms with van der Waals surface area (Å²) in [5.41, 5.74) is 6.85. The minimum atomic E-state index is -3.63. The highest BCUT2D eigenvalue weighted by molar-refractivity contribution is 7.94. The molecule has 0 unspecified atom stereocenters. The molecule has 1 heterocycles. The van der Waals surface area contributed by atoms with Crippen LogP contribution in [0.3, 0.4) is 0 Å². The van der Waals surface area contributed by atoms with Gasteiger partial charge in [0.2, 0.25) is 5.91 Å². The second-order valence-electron chi connectivity index (χ2n) is 5.85. The van der Waals surface area contributed by atoms with Crippen LogP contribution in [0.1, 0.15) is 20.7 Å². The zero-order chi connectivity index (χ0) is 20.3. The molecule has 0 aliphatic carbocycles. The second-order valence-corrected chi connectivity index (χ2v) is 8.99. The van der Waals surface area contributed by atoms with Gasteiger partial charge in [-0.2, -0.15) is 0 Å². The highest BCUT2D eigenvalue weighted by Gasteiger charge is 2.22. The average molecular weight is 415 g/mol. The number of benzene rings is 2. The lowest BCUT2D eigenvalue weighted by atomic mass is 10.1. The van der Waals surface area contributed by atoms with Crippen LogP contribution in [0.25, 0.3) is 0 Å². The maximum absolute atomic E-state index is 12.6. The van der Waals surface area contributed by atoms with Crippen molar-refractivity contribution in [3.8, 4) is 0 Å². The molecule has 9 heteroatoms. The van der Waals surface area contributed by atoms with Crippen LogP contribution in [0.4, 0.5) is 11.4 Å². The predicted octanol–water partition coefficient (Wildman–Crippen LogP) is 2.92. The number of nitrogens with one attached hydrogen (secondary N) is 1. The molecule has 3 N–H and O–H groups in total. The summed E-state index contributed by atoms with van der Waals surface area (Å²) in [6.45, 7) is 0. The summed E-state index contributed by atoms with van der Waals surface area (Å²) in [6.07, 6.45) is 0. The Balaban J connectivity index is 1.73. The van der Waals surface area contributed by atoms with Gasteiger partial charge in [0.1, 0.15) is 4.21 Å². The molecule has 28 heavy (non-hydrogen) atoms. The fourth-order valence-corrected chi connectivity index (χ4v) is 4.78. The standard InChI is InChI=1S/C19H17N3O4S2/c1-22(28(25,26)17-3-2-12-27-17)16-10-6-14(7-11-16)19(24)21-15-8-4-13(5-9-15)18(20)23/h2-12H,1H3,(H2,20,23)(H,21,24). The lowest BCUT2D eigenvalue weighted by molar-refractivity contribution is 0.0998. The van der Waals surface area contributed by atoms with Crippen molar-refractivity contribution < 1.29 is 18.0 Å². The molecular formula is C19H17N3O4S2. The van der Waals surface area contributed by atoms with Crippen molar-refractivity contribution in [1.29, 1.82) is 0 Å². The molecule has 3 aromatic rings. The number of primary amides is 1. The van der Waals surface area contributed by atoms with Gasteiger partial charge < -0.3 is 11.1 Å². The van der Waals surface area contributed by atoms with E-state index in [-0.39, 0.29) is 10.1 Å². The Labute approximate surface area is 166 Å². The zero-order valence-electron chi connectivity index (χ0n) is 14.8. The van der Waals surface area contributed by atoms with E-state index in [9.17, 15) is 18.0 Å². The van der Waals surface area contributed by atoms with E-state index in [1.165, 1.54) is 23.5 Å². The smallest absolute Gasteiger partial charge is 0.273 e. The van der Waals surface area contributed by atoms with Crippen LogP contribution in [-0.2, 0) is 10.0 Å². The van der Waals surface area contributed by atoms with E-state index in [0.29, 0.717) is 22.5 Å².